The molecule has 0 aliphatic carbocycles. The highest BCUT2D eigenvalue weighted by Gasteiger charge is 2.07. The summed E-state index contributed by atoms with van der Waals surface area (Å²) in [6.45, 7) is 3.21. The summed E-state index contributed by atoms with van der Waals surface area (Å²) in [6.07, 6.45) is 4.03. The van der Waals surface area contributed by atoms with E-state index in [1.165, 1.54) is 0 Å². The van der Waals surface area contributed by atoms with Gasteiger partial charge >= 0.3 is 0 Å². The predicted octanol–water partition coefficient (Wildman–Crippen LogP) is 3.74. The molecule has 1 aromatic heterocycles. The van der Waals surface area contributed by atoms with Crippen molar-refractivity contribution in [3.63, 3.8) is 0 Å². The molecule has 0 saturated carbocycles. The molecule has 1 N–H and O–H groups in total. The summed E-state index contributed by atoms with van der Waals surface area (Å²) < 4.78 is 6.56. The summed E-state index contributed by atoms with van der Waals surface area (Å²) in [5.41, 5.74) is 1.71. The summed E-state index contributed by atoms with van der Waals surface area (Å²) in [5, 5.41) is 2.86. The third-order valence-electron chi connectivity index (χ3n) is 3.21. The van der Waals surface area contributed by atoms with Crippen molar-refractivity contribution in [3.05, 3.63) is 64.4 Å². The zero-order valence-electron chi connectivity index (χ0n) is 12.5. The van der Waals surface area contributed by atoms with E-state index in [0.29, 0.717) is 18.7 Å². The number of hydrogen-bond acceptors (Lipinski definition) is 3. The standard InChI is InChI=1S/C17H19BrN2O2/c1-13(14-6-3-2-4-7-14)22-9-5-8-20-17(21)15-10-16(18)12-19-11-15/h2-4,6-7,10-13H,5,8-9H2,1H3,(H,20,21)/t13-/m0/s1. The van der Waals surface area contributed by atoms with E-state index in [4.69, 9.17) is 4.74 Å². The van der Waals surface area contributed by atoms with E-state index in [1.807, 2.05) is 37.3 Å². The maximum atomic E-state index is 11.9. The van der Waals surface area contributed by atoms with Gasteiger partial charge in [-0.15, -0.1) is 0 Å². The van der Waals surface area contributed by atoms with Crippen LogP contribution in [0.2, 0.25) is 0 Å². The first kappa shape index (κ1) is 16.6. The number of carbonyl (C=O) groups is 1. The molecule has 4 nitrogen and oxygen atoms in total. The number of carbonyl (C=O) groups excluding carboxylic acids is 1. The smallest absolute Gasteiger partial charge is 0.252 e. The van der Waals surface area contributed by atoms with Crippen LogP contribution in [0.3, 0.4) is 0 Å². The lowest BCUT2D eigenvalue weighted by atomic mass is 10.1. The third kappa shape index (κ3) is 5.24. The predicted molar refractivity (Wildman–Crippen MR) is 89.7 cm³/mol. The van der Waals surface area contributed by atoms with Crippen LogP contribution in [-0.4, -0.2) is 24.0 Å². The Labute approximate surface area is 139 Å². The van der Waals surface area contributed by atoms with E-state index in [2.05, 4.69) is 26.2 Å². The van der Waals surface area contributed by atoms with Crippen LogP contribution in [0.15, 0.2) is 53.3 Å². The van der Waals surface area contributed by atoms with E-state index >= 15 is 0 Å². The summed E-state index contributed by atoms with van der Waals surface area (Å²) in [5.74, 6) is -0.120. The summed E-state index contributed by atoms with van der Waals surface area (Å²) in [6, 6.07) is 11.8. The molecule has 0 spiro atoms. The molecule has 5 heteroatoms. The molecule has 0 unspecified atom stereocenters. The molecule has 22 heavy (non-hydrogen) atoms. The molecule has 0 saturated heterocycles. The minimum absolute atomic E-state index is 0.0613. The summed E-state index contributed by atoms with van der Waals surface area (Å²) in [4.78, 5) is 15.9. The van der Waals surface area contributed by atoms with Gasteiger partial charge in [-0.1, -0.05) is 30.3 Å². The number of ether oxygens (including phenoxy) is 1. The van der Waals surface area contributed by atoms with Crippen molar-refractivity contribution in [3.8, 4) is 0 Å². The van der Waals surface area contributed by atoms with Gasteiger partial charge in [0.25, 0.3) is 5.91 Å². The first-order valence-electron chi connectivity index (χ1n) is 7.22. The van der Waals surface area contributed by atoms with Gasteiger partial charge in [0.2, 0.25) is 0 Å². The lowest BCUT2D eigenvalue weighted by Gasteiger charge is -2.13. The maximum Gasteiger partial charge on any atom is 0.252 e. The summed E-state index contributed by atoms with van der Waals surface area (Å²) in [7, 11) is 0. The number of halogens is 1. The molecule has 0 radical (unpaired) electrons. The molecule has 2 aromatic rings. The van der Waals surface area contributed by atoms with Crippen LogP contribution in [0.5, 0.6) is 0 Å². The van der Waals surface area contributed by atoms with Gasteiger partial charge in [0, 0.05) is 30.0 Å². The zero-order valence-corrected chi connectivity index (χ0v) is 14.0. The Morgan fingerprint density at radius 1 is 1.32 bits per heavy atom. The van der Waals surface area contributed by atoms with Gasteiger partial charge in [0.15, 0.2) is 0 Å². The monoisotopic (exact) mass is 362 g/mol. The number of benzene rings is 1. The second-order valence-electron chi connectivity index (χ2n) is 4.92. The third-order valence-corrected chi connectivity index (χ3v) is 3.64. The van der Waals surface area contributed by atoms with Crippen molar-refractivity contribution >= 4 is 21.8 Å². The first-order valence-corrected chi connectivity index (χ1v) is 8.01. The molecule has 0 fully saturated rings. The van der Waals surface area contributed by atoms with Crippen LogP contribution >= 0.6 is 15.9 Å². The lowest BCUT2D eigenvalue weighted by molar-refractivity contribution is 0.0635. The van der Waals surface area contributed by atoms with E-state index < -0.39 is 0 Å². The van der Waals surface area contributed by atoms with E-state index in [1.54, 1.807) is 18.5 Å². The molecule has 116 valence electrons. The van der Waals surface area contributed by atoms with Crippen molar-refractivity contribution < 1.29 is 9.53 Å². The number of rotatable bonds is 7. The molecule has 0 bridgehead atoms. The van der Waals surface area contributed by atoms with Gasteiger partial charge in [-0.2, -0.15) is 0 Å². The summed E-state index contributed by atoms with van der Waals surface area (Å²) >= 11 is 3.30. The average molecular weight is 363 g/mol. The van der Waals surface area contributed by atoms with E-state index in [0.717, 1.165) is 16.5 Å². The number of hydrogen-bond donors (Lipinski definition) is 1. The van der Waals surface area contributed by atoms with Gasteiger partial charge in [0.05, 0.1) is 11.7 Å². The zero-order chi connectivity index (χ0) is 15.8. The molecular formula is C17H19BrN2O2. The van der Waals surface area contributed by atoms with Crippen LogP contribution < -0.4 is 5.32 Å². The average Bonchev–Trinajstić information content (AvgIpc) is 2.55. The number of amides is 1. The van der Waals surface area contributed by atoms with Crippen LogP contribution in [0.4, 0.5) is 0 Å². The second kappa shape index (κ2) is 8.66. The van der Waals surface area contributed by atoms with Gasteiger partial charge < -0.3 is 10.1 Å². The van der Waals surface area contributed by atoms with Gasteiger partial charge in [0.1, 0.15) is 0 Å². The van der Waals surface area contributed by atoms with Crippen LogP contribution in [0, 0.1) is 0 Å². The second-order valence-corrected chi connectivity index (χ2v) is 5.84. The van der Waals surface area contributed by atoms with Crippen molar-refractivity contribution in [2.24, 2.45) is 0 Å². The molecule has 1 heterocycles. The minimum Gasteiger partial charge on any atom is -0.374 e. The van der Waals surface area contributed by atoms with Crippen molar-refractivity contribution in [1.82, 2.24) is 10.3 Å². The highest BCUT2D eigenvalue weighted by Crippen LogP contribution is 2.15. The van der Waals surface area contributed by atoms with E-state index in [-0.39, 0.29) is 12.0 Å². The Morgan fingerprint density at radius 2 is 2.09 bits per heavy atom. The van der Waals surface area contributed by atoms with Crippen LogP contribution in [0.1, 0.15) is 35.4 Å². The Hall–Kier alpha value is -1.72. The number of nitrogens with one attached hydrogen (secondary N) is 1. The molecule has 1 atom stereocenters. The normalized spacial score (nSPS) is 11.9. The largest absolute Gasteiger partial charge is 0.374 e. The Morgan fingerprint density at radius 3 is 2.82 bits per heavy atom. The highest BCUT2D eigenvalue weighted by atomic mass is 79.9. The van der Waals surface area contributed by atoms with Crippen LogP contribution in [0.25, 0.3) is 0 Å². The SMILES string of the molecule is C[C@H](OCCCNC(=O)c1cncc(Br)c1)c1ccccc1. The Kier molecular flexibility index (Phi) is 6.55. The van der Waals surface area contributed by atoms with Crippen molar-refractivity contribution in [1.29, 1.82) is 0 Å². The topological polar surface area (TPSA) is 51.2 Å². The first-order chi connectivity index (χ1) is 10.7. The molecule has 2 rings (SSSR count). The molecule has 0 aliphatic heterocycles. The maximum absolute atomic E-state index is 11.9. The fourth-order valence-electron chi connectivity index (χ4n) is 1.99. The van der Waals surface area contributed by atoms with E-state index in [9.17, 15) is 4.79 Å². The number of aromatic nitrogens is 1. The fraction of sp³-hybridized carbons (Fsp3) is 0.294. The number of nitrogens with zero attached hydrogens (tertiary/aromatic N) is 1. The van der Waals surface area contributed by atoms with Gasteiger partial charge in [-0.3, -0.25) is 9.78 Å². The molecular weight excluding hydrogens is 344 g/mol. The Balaban J connectivity index is 1.66. The highest BCUT2D eigenvalue weighted by molar-refractivity contribution is 9.10. The van der Waals surface area contributed by atoms with Gasteiger partial charge in [-0.25, -0.2) is 0 Å². The van der Waals surface area contributed by atoms with Crippen LogP contribution in [-0.2, 0) is 4.74 Å². The molecule has 1 amide bonds. The minimum atomic E-state index is -0.120. The molecule has 0 aliphatic rings. The quantitative estimate of drug-likeness (QED) is 0.763. The van der Waals surface area contributed by atoms with Gasteiger partial charge in [-0.05, 0) is 40.9 Å². The lowest BCUT2D eigenvalue weighted by Crippen LogP contribution is -2.25. The van der Waals surface area contributed by atoms with Crippen molar-refractivity contribution in [2.45, 2.75) is 19.4 Å². The fourth-order valence-corrected chi connectivity index (χ4v) is 2.36. The number of pyridine rings is 1. The molecule has 1 aromatic carbocycles. The van der Waals surface area contributed by atoms with Crippen molar-refractivity contribution in [2.75, 3.05) is 13.2 Å². The Bertz CT molecular complexity index is 605.